The van der Waals surface area contributed by atoms with Gasteiger partial charge in [0.25, 0.3) is 5.91 Å². The number of amides is 2. The third kappa shape index (κ3) is 3.08. The van der Waals surface area contributed by atoms with E-state index in [0.29, 0.717) is 37.3 Å². The molecule has 3 atom stereocenters. The molecule has 1 saturated heterocycles. The molecule has 2 N–H and O–H groups in total. The number of aromatic nitrogens is 1. The lowest BCUT2D eigenvalue weighted by Gasteiger charge is -2.45. The number of H-pyrrole nitrogens is 1. The van der Waals surface area contributed by atoms with Gasteiger partial charge in [-0.25, -0.2) is 0 Å². The summed E-state index contributed by atoms with van der Waals surface area (Å²) in [5.41, 5.74) is 2.89. The Bertz CT molecular complexity index is 784. The average Bonchev–Trinajstić information content (AvgIpc) is 3.03. The summed E-state index contributed by atoms with van der Waals surface area (Å²) < 4.78 is 5.90. The highest BCUT2D eigenvalue weighted by Crippen LogP contribution is 2.34. The van der Waals surface area contributed by atoms with Crippen molar-refractivity contribution in [3.63, 3.8) is 0 Å². The fraction of sp³-hybridized carbons (Fsp3) is 0.650. The predicted octanol–water partition coefficient (Wildman–Crippen LogP) is 1.60. The molecule has 2 heterocycles. The number of aryl methyl sites for hydroxylation is 1. The maximum absolute atomic E-state index is 13.4. The summed E-state index contributed by atoms with van der Waals surface area (Å²) in [5.74, 6) is -0.0110. The van der Waals surface area contributed by atoms with Crippen LogP contribution in [0.5, 0.6) is 0 Å². The Balaban J connectivity index is 1.61. The first-order chi connectivity index (χ1) is 13.0. The standard InChI is InChI=1S/C20H27N3O4/c1-11-17-13(4-3-5-15(17)24)22-18(11)20(26)23-8-9-27-16-7-6-12(10-14(16)23)19(25)21-2/h12,14,16,22H,3-10H2,1-2H3,(H,21,25)/t12-,14+,16+/m0/s1. The molecule has 0 radical (unpaired) electrons. The fourth-order valence-corrected chi connectivity index (χ4v) is 4.94. The van der Waals surface area contributed by atoms with E-state index in [1.807, 2.05) is 11.8 Å². The van der Waals surface area contributed by atoms with Gasteiger partial charge in [-0.05, 0) is 44.6 Å². The normalized spacial score (nSPS) is 27.7. The van der Waals surface area contributed by atoms with Gasteiger partial charge >= 0.3 is 0 Å². The van der Waals surface area contributed by atoms with Crippen LogP contribution in [0.4, 0.5) is 0 Å². The van der Waals surface area contributed by atoms with Gasteiger partial charge in [0, 0.05) is 37.2 Å². The molecule has 0 spiro atoms. The number of fused-ring (bicyclic) bond motifs is 2. The number of carbonyl (C=O) groups is 3. The highest BCUT2D eigenvalue weighted by Gasteiger charge is 2.42. The van der Waals surface area contributed by atoms with Crippen LogP contribution < -0.4 is 5.32 Å². The van der Waals surface area contributed by atoms with E-state index in [2.05, 4.69) is 10.3 Å². The molecule has 2 fully saturated rings. The topological polar surface area (TPSA) is 91.5 Å². The van der Waals surface area contributed by atoms with E-state index in [4.69, 9.17) is 4.74 Å². The lowest BCUT2D eigenvalue weighted by Crippen LogP contribution is -2.57. The van der Waals surface area contributed by atoms with Gasteiger partial charge in [-0.2, -0.15) is 0 Å². The van der Waals surface area contributed by atoms with Crippen molar-refractivity contribution in [2.45, 2.75) is 57.6 Å². The number of ether oxygens (including phenoxy) is 1. The summed E-state index contributed by atoms with van der Waals surface area (Å²) in [6, 6.07) is -0.0993. The molecule has 0 aromatic carbocycles. The third-order valence-corrected chi connectivity index (χ3v) is 6.35. The number of hydrogen-bond donors (Lipinski definition) is 2. The molecule has 1 aromatic heterocycles. The number of aromatic amines is 1. The van der Waals surface area contributed by atoms with Crippen molar-refractivity contribution in [1.29, 1.82) is 0 Å². The molecule has 1 aromatic rings. The average molecular weight is 373 g/mol. The van der Waals surface area contributed by atoms with E-state index in [-0.39, 0.29) is 35.7 Å². The first kappa shape index (κ1) is 18.2. The summed E-state index contributed by atoms with van der Waals surface area (Å²) in [4.78, 5) is 42.9. The minimum absolute atomic E-state index is 0.0184. The van der Waals surface area contributed by atoms with Gasteiger partial charge in [0.2, 0.25) is 5.91 Å². The van der Waals surface area contributed by atoms with E-state index < -0.39 is 0 Å². The Morgan fingerprint density at radius 1 is 1.26 bits per heavy atom. The third-order valence-electron chi connectivity index (χ3n) is 6.35. The van der Waals surface area contributed by atoms with E-state index in [1.54, 1.807) is 7.05 Å². The van der Waals surface area contributed by atoms with Crippen LogP contribution in [-0.2, 0) is 16.0 Å². The minimum atomic E-state index is -0.0993. The maximum atomic E-state index is 13.4. The Morgan fingerprint density at radius 2 is 2.07 bits per heavy atom. The second-order valence-corrected chi connectivity index (χ2v) is 7.85. The summed E-state index contributed by atoms with van der Waals surface area (Å²) in [5, 5.41) is 2.73. The molecule has 3 aliphatic rings. The highest BCUT2D eigenvalue weighted by molar-refractivity contribution is 6.04. The number of morpholine rings is 1. The van der Waals surface area contributed by atoms with Gasteiger partial charge < -0.3 is 19.9 Å². The lowest BCUT2D eigenvalue weighted by atomic mass is 9.81. The van der Waals surface area contributed by atoms with Crippen LogP contribution in [0, 0.1) is 12.8 Å². The molecule has 0 unspecified atom stereocenters. The number of rotatable bonds is 2. The number of nitrogens with one attached hydrogen (secondary N) is 2. The Labute approximate surface area is 158 Å². The van der Waals surface area contributed by atoms with Crippen LogP contribution >= 0.6 is 0 Å². The zero-order valence-corrected chi connectivity index (χ0v) is 16.0. The van der Waals surface area contributed by atoms with Gasteiger partial charge in [-0.3, -0.25) is 14.4 Å². The first-order valence-electron chi connectivity index (χ1n) is 9.90. The molecule has 1 saturated carbocycles. The van der Waals surface area contributed by atoms with Gasteiger partial charge in [0.15, 0.2) is 5.78 Å². The summed E-state index contributed by atoms with van der Waals surface area (Å²) in [6.45, 7) is 2.88. The maximum Gasteiger partial charge on any atom is 0.270 e. The van der Waals surface area contributed by atoms with E-state index in [0.717, 1.165) is 36.9 Å². The van der Waals surface area contributed by atoms with Crippen LogP contribution in [0.15, 0.2) is 0 Å². The molecule has 7 nitrogen and oxygen atoms in total. The highest BCUT2D eigenvalue weighted by atomic mass is 16.5. The zero-order chi connectivity index (χ0) is 19.1. The molecule has 4 rings (SSSR count). The SMILES string of the molecule is CNC(=O)[C@H]1CC[C@H]2OCCN(C(=O)c3[nH]c4c(c3C)C(=O)CCC4)[C@@H]2C1. The quantitative estimate of drug-likeness (QED) is 0.824. The van der Waals surface area contributed by atoms with Crippen molar-refractivity contribution in [3.8, 4) is 0 Å². The second-order valence-electron chi connectivity index (χ2n) is 7.85. The van der Waals surface area contributed by atoms with Crippen molar-refractivity contribution < 1.29 is 19.1 Å². The van der Waals surface area contributed by atoms with Gasteiger partial charge in [-0.1, -0.05) is 0 Å². The minimum Gasteiger partial charge on any atom is -0.374 e. The predicted molar refractivity (Wildman–Crippen MR) is 98.8 cm³/mol. The van der Waals surface area contributed by atoms with Crippen LogP contribution in [0.25, 0.3) is 0 Å². The Hall–Kier alpha value is -2.15. The van der Waals surface area contributed by atoms with Crippen molar-refractivity contribution in [3.05, 3.63) is 22.5 Å². The number of carbonyl (C=O) groups excluding carboxylic acids is 3. The van der Waals surface area contributed by atoms with Crippen molar-refractivity contribution in [1.82, 2.24) is 15.2 Å². The van der Waals surface area contributed by atoms with E-state index in [9.17, 15) is 14.4 Å². The number of hydrogen-bond acceptors (Lipinski definition) is 4. The molecule has 2 aliphatic carbocycles. The van der Waals surface area contributed by atoms with E-state index >= 15 is 0 Å². The molecule has 2 amide bonds. The van der Waals surface area contributed by atoms with Gasteiger partial charge in [-0.15, -0.1) is 0 Å². The summed E-state index contributed by atoms with van der Waals surface area (Å²) in [7, 11) is 1.65. The monoisotopic (exact) mass is 373 g/mol. The molecular formula is C20H27N3O4. The molecule has 146 valence electrons. The lowest BCUT2D eigenvalue weighted by molar-refractivity contribution is -0.131. The molecule has 0 bridgehead atoms. The number of nitrogens with zero attached hydrogens (tertiary/aromatic N) is 1. The van der Waals surface area contributed by atoms with Gasteiger partial charge in [0.1, 0.15) is 5.69 Å². The summed E-state index contributed by atoms with van der Waals surface area (Å²) >= 11 is 0. The van der Waals surface area contributed by atoms with Crippen molar-refractivity contribution >= 4 is 17.6 Å². The number of Topliss-reactive ketones (excluding diaryl/α,β-unsaturated/α-hetero) is 1. The van der Waals surface area contributed by atoms with Crippen LogP contribution in [0.1, 0.15) is 64.2 Å². The molecule has 7 heteroatoms. The van der Waals surface area contributed by atoms with Crippen LogP contribution in [0.2, 0.25) is 0 Å². The van der Waals surface area contributed by atoms with Crippen molar-refractivity contribution in [2.24, 2.45) is 5.92 Å². The summed E-state index contributed by atoms with van der Waals surface area (Å²) in [6.07, 6.45) is 4.36. The Morgan fingerprint density at radius 3 is 2.81 bits per heavy atom. The van der Waals surface area contributed by atoms with Crippen LogP contribution in [0.3, 0.4) is 0 Å². The van der Waals surface area contributed by atoms with E-state index in [1.165, 1.54) is 0 Å². The van der Waals surface area contributed by atoms with Crippen LogP contribution in [-0.4, -0.2) is 59.8 Å². The molecule has 1 aliphatic heterocycles. The zero-order valence-electron chi connectivity index (χ0n) is 16.0. The molecular weight excluding hydrogens is 346 g/mol. The van der Waals surface area contributed by atoms with Crippen molar-refractivity contribution in [2.75, 3.05) is 20.2 Å². The smallest absolute Gasteiger partial charge is 0.270 e. The number of ketones is 1. The van der Waals surface area contributed by atoms with Gasteiger partial charge in [0.05, 0.1) is 18.8 Å². The Kier molecular flexibility index (Phi) is 4.80. The fourth-order valence-electron chi connectivity index (χ4n) is 4.94. The molecule has 27 heavy (non-hydrogen) atoms. The largest absolute Gasteiger partial charge is 0.374 e. The second kappa shape index (κ2) is 7.11. The first-order valence-corrected chi connectivity index (χ1v) is 9.90.